The van der Waals surface area contributed by atoms with E-state index in [0.717, 1.165) is 5.56 Å². The average molecular weight is 358 g/mol. The third kappa shape index (κ3) is 5.07. The van der Waals surface area contributed by atoms with E-state index in [1.165, 1.54) is 0 Å². The van der Waals surface area contributed by atoms with Crippen molar-refractivity contribution in [3.63, 3.8) is 0 Å². The minimum Gasteiger partial charge on any atom is -0.478 e. The second kappa shape index (κ2) is 9.21. The molecule has 9 heteroatoms. The molecule has 2 amide bonds. The first-order chi connectivity index (χ1) is 12.5. The van der Waals surface area contributed by atoms with Crippen molar-refractivity contribution in [2.75, 3.05) is 24.2 Å². The van der Waals surface area contributed by atoms with E-state index in [2.05, 4.69) is 25.6 Å². The molecule has 26 heavy (non-hydrogen) atoms. The lowest BCUT2D eigenvalue weighted by Gasteiger charge is -2.09. The van der Waals surface area contributed by atoms with Gasteiger partial charge in [0.2, 0.25) is 5.88 Å². The molecule has 7 N–H and O–H groups in total. The molecule has 0 spiro atoms. The Morgan fingerprint density at radius 1 is 1.42 bits per heavy atom. The normalized spacial score (nSPS) is 11.1. The monoisotopic (exact) mass is 358 g/mol. The van der Waals surface area contributed by atoms with Crippen LogP contribution < -0.4 is 31.8 Å². The summed E-state index contributed by atoms with van der Waals surface area (Å²) < 4.78 is 5.43. The molecule has 0 aliphatic heterocycles. The van der Waals surface area contributed by atoms with Crippen LogP contribution >= 0.6 is 0 Å². The van der Waals surface area contributed by atoms with E-state index in [9.17, 15) is 4.79 Å². The lowest BCUT2D eigenvalue weighted by Crippen LogP contribution is -2.31. The standard InChI is InChI=1S/C17H23N7O2/c1-3-20-15(19)12-10-22-14(8-13(12)18)24-17(25)23-9-11-6-5-7-21-16(11)26-4-2/h5-8,10H,3-4,9H2,1-2H3,(H2,19,20)(H4,18,22,23,24,25)/p+1. The highest BCUT2D eigenvalue weighted by Gasteiger charge is 2.14. The van der Waals surface area contributed by atoms with Crippen LogP contribution in [0, 0.1) is 0 Å². The summed E-state index contributed by atoms with van der Waals surface area (Å²) in [4.78, 5) is 23.3. The predicted molar refractivity (Wildman–Crippen MR) is 99.9 cm³/mol. The van der Waals surface area contributed by atoms with E-state index < -0.39 is 6.03 Å². The molecule has 0 unspecified atom stereocenters. The van der Waals surface area contributed by atoms with E-state index in [4.69, 9.17) is 16.2 Å². The number of anilines is 2. The smallest absolute Gasteiger partial charge is 0.406 e. The van der Waals surface area contributed by atoms with Crippen molar-refractivity contribution in [3.8, 4) is 5.88 Å². The number of amides is 2. The third-order valence-corrected chi connectivity index (χ3v) is 3.41. The number of nitrogens with two attached hydrogens (primary N) is 2. The SMILES string of the molecule is CCN=C(N)c1c[nH+]c(NC(=O)NCc2cccnc2OCC)cc1N. The van der Waals surface area contributed by atoms with Crippen molar-refractivity contribution in [2.45, 2.75) is 20.4 Å². The molecule has 0 atom stereocenters. The molecule has 2 heterocycles. The van der Waals surface area contributed by atoms with Gasteiger partial charge in [-0.1, -0.05) is 6.07 Å². The summed E-state index contributed by atoms with van der Waals surface area (Å²) in [6, 6.07) is 4.82. The van der Waals surface area contributed by atoms with Gasteiger partial charge in [-0.15, -0.1) is 0 Å². The van der Waals surface area contributed by atoms with Gasteiger partial charge in [-0.2, -0.15) is 5.32 Å². The molecule has 0 aliphatic carbocycles. The number of nitrogens with one attached hydrogen (secondary N) is 3. The van der Waals surface area contributed by atoms with Gasteiger partial charge in [0, 0.05) is 18.3 Å². The molecule has 0 radical (unpaired) electrons. The van der Waals surface area contributed by atoms with Crippen molar-refractivity contribution in [2.24, 2.45) is 10.7 Å². The summed E-state index contributed by atoms with van der Waals surface area (Å²) in [6.45, 7) is 5.10. The number of amidine groups is 1. The van der Waals surface area contributed by atoms with Crippen molar-refractivity contribution in [1.29, 1.82) is 0 Å². The molecule has 0 saturated carbocycles. The number of carbonyl (C=O) groups excluding carboxylic acids is 1. The molecule has 9 nitrogen and oxygen atoms in total. The second-order valence-corrected chi connectivity index (χ2v) is 5.28. The van der Waals surface area contributed by atoms with E-state index in [-0.39, 0.29) is 6.54 Å². The Morgan fingerprint density at radius 3 is 2.92 bits per heavy atom. The van der Waals surface area contributed by atoms with Crippen LogP contribution in [-0.4, -0.2) is 30.0 Å². The van der Waals surface area contributed by atoms with Crippen molar-refractivity contribution >= 4 is 23.4 Å². The Bertz CT molecular complexity index is 792. The summed E-state index contributed by atoms with van der Waals surface area (Å²) in [5.74, 6) is 1.28. The molecule has 2 aromatic heterocycles. The fourth-order valence-electron chi connectivity index (χ4n) is 2.23. The molecular formula is C17H24N7O2+. The zero-order valence-electron chi connectivity index (χ0n) is 14.9. The fourth-order valence-corrected chi connectivity index (χ4v) is 2.23. The van der Waals surface area contributed by atoms with Crippen LogP contribution in [-0.2, 0) is 6.54 Å². The maximum atomic E-state index is 12.1. The van der Waals surface area contributed by atoms with Gasteiger partial charge in [-0.25, -0.2) is 14.8 Å². The van der Waals surface area contributed by atoms with Crippen LogP contribution in [0.1, 0.15) is 25.0 Å². The maximum Gasteiger partial charge on any atom is 0.406 e. The highest BCUT2D eigenvalue weighted by atomic mass is 16.5. The molecule has 0 bridgehead atoms. The molecule has 0 aliphatic rings. The number of nitrogens with zero attached hydrogens (tertiary/aromatic N) is 2. The molecule has 0 fully saturated rings. The van der Waals surface area contributed by atoms with Crippen LogP contribution in [0.2, 0.25) is 0 Å². The summed E-state index contributed by atoms with van der Waals surface area (Å²) in [5.41, 5.74) is 13.6. The van der Waals surface area contributed by atoms with Gasteiger partial charge in [-0.05, 0) is 19.9 Å². The maximum absolute atomic E-state index is 12.1. The largest absolute Gasteiger partial charge is 0.478 e. The van der Waals surface area contributed by atoms with E-state index >= 15 is 0 Å². The number of aromatic amines is 1. The number of urea groups is 1. The molecule has 2 aromatic rings. The van der Waals surface area contributed by atoms with Crippen LogP contribution in [0.15, 0.2) is 35.6 Å². The minimum absolute atomic E-state index is 0.276. The number of hydrogen-bond donors (Lipinski definition) is 4. The molecule has 138 valence electrons. The van der Waals surface area contributed by atoms with Crippen LogP contribution in [0.3, 0.4) is 0 Å². The number of nitrogen functional groups attached to an aromatic ring is 1. The van der Waals surface area contributed by atoms with Gasteiger partial charge in [0.05, 0.1) is 30.5 Å². The summed E-state index contributed by atoms with van der Waals surface area (Å²) in [7, 11) is 0. The number of ether oxygens (including phenoxy) is 1. The van der Waals surface area contributed by atoms with Crippen LogP contribution in [0.5, 0.6) is 5.88 Å². The number of hydrogen-bond acceptors (Lipinski definition) is 5. The van der Waals surface area contributed by atoms with Crippen molar-refractivity contribution in [3.05, 3.63) is 41.7 Å². The van der Waals surface area contributed by atoms with Gasteiger partial charge in [-0.3, -0.25) is 4.99 Å². The average Bonchev–Trinajstić information content (AvgIpc) is 2.61. The number of pyridine rings is 2. The minimum atomic E-state index is -0.394. The van der Waals surface area contributed by atoms with Gasteiger partial charge in [0.1, 0.15) is 12.0 Å². The van der Waals surface area contributed by atoms with Crippen molar-refractivity contribution < 1.29 is 14.5 Å². The number of H-pyrrole nitrogens is 1. The Morgan fingerprint density at radius 2 is 2.23 bits per heavy atom. The van der Waals surface area contributed by atoms with Crippen LogP contribution in [0.25, 0.3) is 0 Å². The molecule has 0 saturated heterocycles. The number of carbonyl (C=O) groups is 1. The molecule has 2 rings (SSSR count). The van der Waals surface area contributed by atoms with Gasteiger partial charge in [0.25, 0.3) is 5.82 Å². The predicted octanol–water partition coefficient (Wildman–Crippen LogP) is 0.924. The number of aliphatic imine (C=N–C) groups is 1. The molecular weight excluding hydrogens is 334 g/mol. The van der Waals surface area contributed by atoms with Gasteiger partial charge >= 0.3 is 6.03 Å². The summed E-state index contributed by atoms with van der Waals surface area (Å²) >= 11 is 0. The highest BCUT2D eigenvalue weighted by Crippen LogP contribution is 2.14. The van der Waals surface area contributed by atoms with Crippen molar-refractivity contribution in [1.82, 2.24) is 10.3 Å². The lowest BCUT2D eigenvalue weighted by molar-refractivity contribution is -0.360. The third-order valence-electron chi connectivity index (χ3n) is 3.41. The number of aromatic nitrogens is 2. The topological polar surface area (TPSA) is 142 Å². The Balaban J connectivity index is 1.98. The lowest BCUT2D eigenvalue weighted by atomic mass is 10.2. The molecule has 0 aromatic carbocycles. The van der Waals surface area contributed by atoms with Crippen LogP contribution in [0.4, 0.5) is 16.3 Å². The zero-order valence-corrected chi connectivity index (χ0v) is 14.9. The Kier molecular flexibility index (Phi) is 6.72. The quantitative estimate of drug-likeness (QED) is 0.430. The van der Waals surface area contributed by atoms with E-state index in [0.29, 0.717) is 41.9 Å². The first-order valence-corrected chi connectivity index (χ1v) is 8.28. The van der Waals surface area contributed by atoms with Gasteiger partial charge in [0.15, 0.2) is 0 Å². The van der Waals surface area contributed by atoms with Gasteiger partial charge < -0.3 is 21.5 Å². The zero-order chi connectivity index (χ0) is 18.9. The number of rotatable bonds is 7. The first-order valence-electron chi connectivity index (χ1n) is 8.28. The van der Waals surface area contributed by atoms with E-state index in [1.807, 2.05) is 19.9 Å². The second-order valence-electron chi connectivity index (χ2n) is 5.28. The highest BCUT2D eigenvalue weighted by molar-refractivity contribution is 6.02. The van der Waals surface area contributed by atoms with E-state index in [1.54, 1.807) is 24.5 Å². The first kappa shape index (κ1) is 19.0. The Hall–Kier alpha value is -3.36. The summed E-state index contributed by atoms with van der Waals surface area (Å²) in [5, 5.41) is 5.42. The fraction of sp³-hybridized carbons (Fsp3) is 0.294. The summed E-state index contributed by atoms with van der Waals surface area (Å²) in [6.07, 6.45) is 3.25. The Labute approximate surface area is 151 Å².